The molecule has 88 valence electrons. The van der Waals surface area contributed by atoms with Gasteiger partial charge in [-0.25, -0.2) is 0 Å². The van der Waals surface area contributed by atoms with Gasteiger partial charge >= 0.3 is 0 Å². The summed E-state index contributed by atoms with van der Waals surface area (Å²) >= 11 is 6.03. The first-order chi connectivity index (χ1) is 7.61. The summed E-state index contributed by atoms with van der Waals surface area (Å²) in [5.41, 5.74) is 1.87. The number of likely N-dealkylation sites (N-methyl/N-ethyl adjacent to an activating group) is 1. The Bertz CT molecular complexity index is 395. The molecule has 1 aliphatic rings. The van der Waals surface area contributed by atoms with Gasteiger partial charge in [0.25, 0.3) is 0 Å². The first kappa shape index (κ1) is 11.7. The third-order valence-electron chi connectivity index (χ3n) is 2.74. The van der Waals surface area contributed by atoms with Crippen LogP contribution in [0.4, 0.5) is 0 Å². The van der Waals surface area contributed by atoms with E-state index in [1.807, 2.05) is 13.0 Å². The smallest absolute Gasteiger partial charge is 0.128 e. The van der Waals surface area contributed by atoms with Crippen LogP contribution in [0.15, 0.2) is 12.1 Å². The Labute approximate surface area is 100 Å². The van der Waals surface area contributed by atoms with E-state index in [0.717, 1.165) is 23.3 Å². The minimum atomic E-state index is -0.581. The van der Waals surface area contributed by atoms with Crippen molar-refractivity contribution in [1.82, 2.24) is 5.32 Å². The van der Waals surface area contributed by atoms with Crippen molar-refractivity contribution in [3.05, 3.63) is 28.3 Å². The van der Waals surface area contributed by atoms with E-state index in [1.165, 1.54) is 0 Å². The number of fused-ring (bicyclic) bond motifs is 1. The van der Waals surface area contributed by atoms with Crippen molar-refractivity contribution in [3.8, 4) is 5.75 Å². The lowest BCUT2D eigenvalue weighted by atomic mass is 10.0. The van der Waals surface area contributed by atoms with Crippen molar-refractivity contribution in [1.29, 1.82) is 0 Å². The number of hydrogen-bond donors (Lipinski definition) is 2. The van der Waals surface area contributed by atoms with Gasteiger partial charge in [-0.15, -0.1) is 0 Å². The number of halogens is 1. The van der Waals surface area contributed by atoms with E-state index in [9.17, 15) is 5.11 Å². The molecule has 2 atom stereocenters. The monoisotopic (exact) mass is 241 g/mol. The van der Waals surface area contributed by atoms with Gasteiger partial charge in [-0.05, 0) is 31.7 Å². The highest BCUT2D eigenvalue weighted by molar-refractivity contribution is 6.30. The highest BCUT2D eigenvalue weighted by Gasteiger charge is 2.25. The summed E-state index contributed by atoms with van der Waals surface area (Å²) in [7, 11) is 1.80. The first-order valence-corrected chi connectivity index (χ1v) is 5.81. The second-order valence-corrected chi connectivity index (χ2v) is 4.63. The van der Waals surface area contributed by atoms with Crippen LogP contribution in [0.2, 0.25) is 5.02 Å². The van der Waals surface area contributed by atoms with E-state index < -0.39 is 6.10 Å². The SMILES string of the molecule is CNCC(O)c1cc(Cl)cc2c1OC(C)C2. The van der Waals surface area contributed by atoms with Gasteiger partial charge in [-0.3, -0.25) is 0 Å². The van der Waals surface area contributed by atoms with Crippen LogP contribution in [0.25, 0.3) is 0 Å². The Hall–Kier alpha value is -0.770. The molecule has 0 aromatic heterocycles. The van der Waals surface area contributed by atoms with Gasteiger partial charge in [0.05, 0.1) is 6.10 Å². The van der Waals surface area contributed by atoms with Gasteiger partial charge in [0.15, 0.2) is 0 Å². The number of aliphatic hydroxyl groups excluding tert-OH is 1. The minimum Gasteiger partial charge on any atom is -0.490 e. The van der Waals surface area contributed by atoms with Crippen molar-refractivity contribution >= 4 is 11.6 Å². The summed E-state index contributed by atoms with van der Waals surface area (Å²) in [6.07, 6.45) is 0.437. The zero-order valence-corrected chi connectivity index (χ0v) is 10.2. The number of rotatable bonds is 3. The Morgan fingerprint density at radius 2 is 2.38 bits per heavy atom. The fourth-order valence-electron chi connectivity index (χ4n) is 2.07. The molecule has 0 spiro atoms. The quantitative estimate of drug-likeness (QED) is 0.850. The van der Waals surface area contributed by atoms with Gasteiger partial charge in [-0.1, -0.05) is 11.6 Å². The first-order valence-electron chi connectivity index (χ1n) is 5.43. The molecule has 1 aromatic rings. The normalized spacial score (nSPS) is 20.4. The number of aliphatic hydroxyl groups is 1. The maximum Gasteiger partial charge on any atom is 0.128 e. The van der Waals surface area contributed by atoms with E-state index in [4.69, 9.17) is 16.3 Å². The van der Waals surface area contributed by atoms with Gasteiger partial charge in [0.2, 0.25) is 0 Å². The lowest BCUT2D eigenvalue weighted by Gasteiger charge is -2.15. The van der Waals surface area contributed by atoms with E-state index in [-0.39, 0.29) is 6.10 Å². The minimum absolute atomic E-state index is 0.161. The van der Waals surface area contributed by atoms with Crippen molar-refractivity contribution in [2.75, 3.05) is 13.6 Å². The Balaban J connectivity index is 2.38. The van der Waals surface area contributed by atoms with Crippen molar-refractivity contribution in [3.63, 3.8) is 0 Å². The molecule has 0 saturated heterocycles. The van der Waals surface area contributed by atoms with Crippen LogP contribution in [-0.2, 0) is 6.42 Å². The van der Waals surface area contributed by atoms with Crippen molar-refractivity contribution in [2.24, 2.45) is 0 Å². The molecular formula is C12H16ClNO2. The molecule has 0 amide bonds. The van der Waals surface area contributed by atoms with Crippen LogP contribution in [0.3, 0.4) is 0 Å². The van der Waals surface area contributed by atoms with Gasteiger partial charge in [-0.2, -0.15) is 0 Å². The van der Waals surface area contributed by atoms with E-state index >= 15 is 0 Å². The van der Waals surface area contributed by atoms with Crippen LogP contribution in [-0.4, -0.2) is 24.8 Å². The lowest BCUT2D eigenvalue weighted by Crippen LogP contribution is -2.17. The molecule has 0 bridgehead atoms. The molecule has 2 N–H and O–H groups in total. The molecule has 0 fully saturated rings. The molecule has 3 nitrogen and oxygen atoms in total. The van der Waals surface area contributed by atoms with Crippen LogP contribution < -0.4 is 10.1 Å². The van der Waals surface area contributed by atoms with E-state index in [0.29, 0.717) is 11.6 Å². The molecule has 1 aliphatic heterocycles. The molecule has 1 heterocycles. The molecule has 2 rings (SSSR count). The highest BCUT2D eigenvalue weighted by Crippen LogP contribution is 2.38. The maximum atomic E-state index is 9.99. The van der Waals surface area contributed by atoms with Crippen LogP contribution in [0, 0.1) is 0 Å². The third kappa shape index (κ3) is 2.17. The molecule has 4 heteroatoms. The predicted molar refractivity (Wildman–Crippen MR) is 64.1 cm³/mol. The van der Waals surface area contributed by atoms with Crippen molar-refractivity contribution < 1.29 is 9.84 Å². The van der Waals surface area contributed by atoms with Crippen LogP contribution in [0.5, 0.6) is 5.75 Å². The number of hydrogen-bond acceptors (Lipinski definition) is 3. The Morgan fingerprint density at radius 1 is 1.62 bits per heavy atom. The standard InChI is InChI=1S/C12H16ClNO2/c1-7-3-8-4-9(13)5-10(12(8)16-7)11(15)6-14-2/h4-5,7,11,14-15H,3,6H2,1-2H3. The van der Waals surface area contributed by atoms with Gasteiger partial charge in [0.1, 0.15) is 11.9 Å². The fraction of sp³-hybridized carbons (Fsp3) is 0.500. The summed E-state index contributed by atoms with van der Waals surface area (Å²) in [5, 5.41) is 13.6. The van der Waals surface area contributed by atoms with Gasteiger partial charge < -0.3 is 15.2 Å². The van der Waals surface area contributed by atoms with Crippen LogP contribution in [0.1, 0.15) is 24.2 Å². The molecule has 0 aliphatic carbocycles. The number of ether oxygens (including phenoxy) is 1. The molecule has 0 radical (unpaired) electrons. The molecule has 0 saturated carbocycles. The summed E-state index contributed by atoms with van der Waals surface area (Å²) in [6, 6.07) is 3.69. The Morgan fingerprint density at radius 3 is 3.06 bits per heavy atom. The Kier molecular flexibility index (Phi) is 3.38. The largest absolute Gasteiger partial charge is 0.490 e. The van der Waals surface area contributed by atoms with E-state index in [1.54, 1.807) is 13.1 Å². The summed E-state index contributed by atoms with van der Waals surface area (Å²) in [4.78, 5) is 0. The second kappa shape index (κ2) is 4.62. The highest BCUT2D eigenvalue weighted by atomic mass is 35.5. The number of benzene rings is 1. The second-order valence-electron chi connectivity index (χ2n) is 4.19. The fourth-order valence-corrected chi connectivity index (χ4v) is 2.32. The summed E-state index contributed by atoms with van der Waals surface area (Å²) in [6.45, 7) is 2.51. The topological polar surface area (TPSA) is 41.5 Å². The average molecular weight is 242 g/mol. The maximum absolute atomic E-state index is 9.99. The van der Waals surface area contributed by atoms with Crippen molar-refractivity contribution in [2.45, 2.75) is 25.6 Å². The third-order valence-corrected chi connectivity index (χ3v) is 2.96. The van der Waals surface area contributed by atoms with Crippen LogP contribution >= 0.6 is 11.6 Å². The lowest BCUT2D eigenvalue weighted by molar-refractivity contribution is 0.168. The average Bonchev–Trinajstić information content (AvgIpc) is 2.57. The zero-order chi connectivity index (χ0) is 11.7. The molecule has 2 unspecified atom stereocenters. The van der Waals surface area contributed by atoms with Gasteiger partial charge in [0, 0.05) is 23.6 Å². The van der Waals surface area contributed by atoms with E-state index in [2.05, 4.69) is 5.32 Å². The number of nitrogens with one attached hydrogen (secondary N) is 1. The predicted octanol–water partition coefficient (Wildman–Crippen LogP) is 1.92. The molecule has 16 heavy (non-hydrogen) atoms. The molecular weight excluding hydrogens is 226 g/mol. The molecule has 1 aromatic carbocycles. The summed E-state index contributed by atoms with van der Waals surface area (Å²) in [5.74, 6) is 0.805. The summed E-state index contributed by atoms with van der Waals surface area (Å²) < 4.78 is 5.71. The zero-order valence-electron chi connectivity index (χ0n) is 9.46.